The minimum atomic E-state index is -4.72. The third-order valence-corrected chi connectivity index (χ3v) is 2.61. The van der Waals surface area contributed by atoms with E-state index >= 15 is 0 Å². The van der Waals surface area contributed by atoms with E-state index in [2.05, 4.69) is 0 Å². The van der Waals surface area contributed by atoms with Crippen molar-refractivity contribution in [3.05, 3.63) is 48.4 Å². The van der Waals surface area contributed by atoms with E-state index in [0.29, 0.717) is 12.0 Å². The Morgan fingerprint density at radius 2 is 1.61 bits per heavy atom. The van der Waals surface area contributed by atoms with Gasteiger partial charge in [-0.1, -0.05) is 30.3 Å². The first-order valence-corrected chi connectivity index (χ1v) is 5.16. The van der Waals surface area contributed by atoms with Gasteiger partial charge in [-0.3, -0.25) is 9.59 Å². The highest BCUT2D eigenvalue weighted by Crippen LogP contribution is 2.35. The van der Waals surface area contributed by atoms with Crippen LogP contribution in [0.3, 0.4) is 0 Å². The monoisotopic (exact) mass is 253 g/mol. The number of halogens is 3. The van der Waals surface area contributed by atoms with E-state index in [9.17, 15) is 22.8 Å². The molecule has 93 valence electrons. The van der Waals surface area contributed by atoms with Crippen LogP contribution in [0.4, 0.5) is 13.2 Å². The Kier molecular flexibility index (Phi) is 3.07. The summed E-state index contributed by atoms with van der Waals surface area (Å²) >= 11 is 0. The van der Waals surface area contributed by atoms with Crippen LogP contribution in [0.25, 0.3) is 5.57 Å². The molecular formula is C13H8F3O2. The molecule has 5 heteroatoms. The van der Waals surface area contributed by atoms with Gasteiger partial charge in [-0.05, 0) is 11.6 Å². The number of benzene rings is 1. The fourth-order valence-electron chi connectivity index (χ4n) is 1.73. The molecule has 2 nitrogen and oxygen atoms in total. The molecule has 0 fully saturated rings. The van der Waals surface area contributed by atoms with Crippen molar-refractivity contribution < 1.29 is 22.8 Å². The summed E-state index contributed by atoms with van der Waals surface area (Å²) in [5, 5.41) is 0. The number of hydrogen-bond donors (Lipinski definition) is 0. The van der Waals surface area contributed by atoms with E-state index in [4.69, 9.17) is 0 Å². The SMILES string of the molecule is O=C1[CH]C(C(F)(F)F)C(=O)C=C1c1ccccc1. The van der Waals surface area contributed by atoms with E-state index in [1.165, 1.54) is 0 Å². The summed E-state index contributed by atoms with van der Waals surface area (Å²) in [6, 6.07) is 8.13. The smallest absolute Gasteiger partial charge is 0.294 e. The molecule has 1 aliphatic rings. The van der Waals surface area contributed by atoms with Gasteiger partial charge in [0.1, 0.15) is 5.92 Å². The van der Waals surface area contributed by atoms with Crippen LogP contribution in [0.1, 0.15) is 5.56 Å². The molecule has 0 bridgehead atoms. The van der Waals surface area contributed by atoms with E-state index in [0.717, 1.165) is 6.08 Å². The van der Waals surface area contributed by atoms with E-state index < -0.39 is 23.7 Å². The van der Waals surface area contributed by atoms with Crippen molar-refractivity contribution in [2.75, 3.05) is 0 Å². The number of carbonyl (C=O) groups is 2. The Balaban J connectivity index is 2.37. The minimum Gasteiger partial charge on any atom is -0.294 e. The van der Waals surface area contributed by atoms with Gasteiger partial charge >= 0.3 is 6.18 Å². The molecule has 1 aromatic carbocycles. The highest BCUT2D eigenvalue weighted by Gasteiger charge is 2.47. The molecule has 1 atom stereocenters. The molecule has 0 saturated carbocycles. The molecule has 1 radical (unpaired) electrons. The standard InChI is InChI=1S/C13H8F3O2/c14-13(15,16)10-7-11(17)9(6-12(10)18)8-4-2-1-3-5-8/h1-7,10H. The highest BCUT2D eigenvalue weighted by atomic mass is 19.4. The fraction of sp³-hybridized carbons (Fsp3) is 0.154. The minimum absolute atomic E-state index is 0.00102. The van der Waals surface area contributed by atoms with Crippen molar-refractivity contribution in [3.8, 4) is 0 Å². The highest BCUT2D eigenvalue weighted by molar-refractivity contribution is 6.32. The van der Waals surface area contributed by atoms with Crippen molar-refractivity contribution >= 4 is 17.1 Å². The van der Waals surface area contributed by atoms with Gasteiger partial charge in [-0.2, -0.15) is 13.2 Å². The number of allylic oxidation sites excluding steroid dienone is 2. The molecule has 0 amide bonds. The Bertz CT molecular complexity index is 515. The predicted molar refractivity (Wildman–Crippen MR) is 58.3 cm³/mol. The molecule has 2 rings (SSSR count). The summed E-state index contributed by atoms with van der Waals surface area (Å²) in [6.45, 7) is 0. The van der Waals surface area contributed by atoms with Gasteiger partial charge in [0.15, 0.2) is 11.6 Å². The summed E-state index contributed by atoms with van der Waals surface area (Å²) in [7, 11) is 0. The summed E-state index contributed by atoms with van der Waals surface area (Å²) < 4.78 is 37.4. The van der Waals surface area contributed by atoms with E-state index in [1.54, 1.807) is 30.3 Å². The zero-order valence-electron chi connectivity index (χ0n) is 9.07. The van der Waals surface area contributed by atoms with Crippen LogP contribution >= 0.6 is 0 Å². The van der Waals surface area contributed by atoms with Crippen LogP contribution in [0.15, 0.2) is 36.4 Å². The van der Waals surface area contributed by atoms with E-state index in [-0.39, 0.29) is 5.57 Å². The van der Waals surface area contributed by atoms with Gasteiger partial charge in [0.05, 0.1) is 6.42 Å². The Labute approximate surface area is 101 Å². The molecule has 0 aliphatic heterocycles. The number of ketones is 2. The van der Waals surface area contributed by atoms with Gasteiger partial charge in [0, 0.05) is 5.57 Å². The van der Waals surface area contributed by atoms with Gasteiger partial charge in [-0.15, -0.1) is 0 Å². The lowest BCUT2D eigenvalue weighted by molar-refractivity contribution is -0.173. The zero-order chi connectivity index (χ0) is 13.3. The lowest BCUT2D eigenvalue weighted by atomic mass is 9.84. The molecule has 0 spiro atoms. The second-order valence-corrected chi connectivity index (χ2v) is 3.88. The second kappa shape index (κ2) is 4.40. The van der Waals surface area contributed by atoms with Gasteiger partial charge < -0.3 is 0 Å². The van der Waals surface area contributed by atoms with Crippen molar-refractivity contribution in [3.63, 3.8) is 0 Å². The van der Waals surface area contributed by atoms with Crippen LogP contribution in [-0.4, -0.2) is 17.7 Å². The molecule has 1 unspecified atom stereocenters. The average molecular weight is 253 g/mol. The van der Waals surface area contributed by atoms with Crippen molar-refractivity contribution in [1.82, 2.24) is 0 Å². The Morgan fingerprint density at radius 3 is 2.17 bits per heavy atom. The Morgan fingerprint density at radius 1 is 1.00 bits per heavy atom. The van der Waals surface area contributed by atoms with Gasteiger partial charge in [0.25, 0.3) is 0 Å². The van der Waals surface area contributed by atoms with Crippen molar-refractivity contribution in [1.29, 1.82) is 0 Å². The van der Waals surface area contributed by atoms with E-state index in [1.807, 2.05) is 0 Å². The first-order chi connectivity index (χ1) is 8.39. The molecule has 0 aromatic heterocycles. The van der Waals surface area contributed by atoms with Crippen LogP contribution in [0.5, 0.6) is 0 Å². The molecular weight excluding hydrogens is 245 g/mol. The summed E-state index contributed by atoms with van der Waals surface area (Å²) in [5.41, 5.74) is 0.439. The lowest BCUT2D eigenvalue weighted by Gasteiger charge is -2.21. The fourth-order valence-corrected chi connectivity index (χ4v) is 1.73. The summed E-state index contributed by atoms with van der Waals surface area (Å²) in [6.07, 6.45) is -3.51. The average Bonchev–Trinajstić information content (AvgIpc) is 2.31. The zero-order valence-corrected chi connectivity index (χ0v) is 9.07. The lowest BCUT2D eigenvalue weighted by Crippen LogP contribution is -2.35. The number of hydrogen-bond acceptors (Lipinski definition) is 2. The normalized spacial score (nSPS) is 20.8. The quantitative estimate of drug-likeness (QED) is 0.771. The maximum absolute atomic E-state index is 12.5. The maximum Gasteiger partial charge on any atom is 0.399 e. The maximum atomic E-state index is 12.5. The molecule has 0 N–H and O–H groups in total. The van der Waals surface area contributed by atoms with Gasteiger partial charge in [0.2, 0.25) is 0 Å². The Hall–Kier alpha value is -1.91. The molecule has 0 heterocycles. The first kappa shape index (κ1) is 12.5. The third kappa shape index (κ3) is 2.34. The predicted octanol–water partition coefficient (Wildman–Crippen LogP) is 2.60. The topological polar surface area (TPSA) is 34.1 Å². The van der Waals surface area contributed by atoms with Crippen LogP contribution in [0.2, 0.25) is 0 Å². The summed E-state index contributed by atoms with van der Waals surface area (Å²) in [4.78, 5) is 23.0. The van der Waals surface area contributed by atoms with Crippen LogP contribution in [0, 0.1) is 12.3 Å². The molecule has 0 saturated heterocycles. The second-order valence-electron chi connectivity index (χ2n) is 3.88. The molecule has 1 aliphatic carbocycles. The van der Waals surface area contributed by atoms with Crippen LogP contribution < -0.4 is 0 Å². The molecule has 18 heavy (non-hydrogen) atoms. The van der Waals surface area contributed by atoms with Crippen molar-refractivity contribution in [2.24, 2.45) is 5.92 Å². The number of Topliss-reactive ketones (excluding diaryl/α,β-unsaturated/α-hetero) is 1. The number of carbonyl (C=O) groups excluding carboxylic acids is 2. The van der Waals surface area contributed by atoms with Gasteiger partial charge in [-0.25, -0.2) is 0 Å². The third-order valence-electron chi connectivity index (χ3n) is 2.61. The number of rotatable bonds is 1. The molecule has 1 aromatic rings. The number of alkyl halides is 3. The summed E-state index contributed by atoms with van der Waals surface area (Å²) in [5.74, 6) is -4.21. The van der Waals surface area contributed by atoms with Crippen LogP contribution in [-0.2, 0) is 9.59 Å². The van der Waals surface area contributed by atoms with Crippen molar-refractivity contribution in [2.45, 2.75) is 6.18 Å². The first-order valence-electron chi connectivity index (χ1n) is 5.16. The largest absolute Gasteiger partial charge is 0.399 e.